The molecule has 0 spiro atoms. The lowest BCUT2D eigenvalue weighted by atomic mass is 10.0. The molecular weight excluding hydrogens is 196 g/mol. The molecule has 5 heteroatoms. The number of rotatable bonds is 0. The van der Waals surface area contributed by atoms with E-state index in [0.717, 1.165) is 6.42 Å². The van der Waals surface area contributed by atoms with E-state index in [9.17, 15) is 9.59 Å². The van der Waals surface area contributed by atoms with E-state index in [1.165, 1.54) is 4.90 Å². The molecule has 0 radical (unpaired) electrons. The van der Waals surface area contributed by atoms with Gasteiger partial charge in [0.2, 0.25) is 5.91 Å². The lowest BCUT2D eigenvalue weighted by molar-refractivity contribution is -0.133. The number of hydrogen-bond donors (Lipinski definition) is 1. The number of likely N-dealkylation sites (tertiary alicyclic amines) is 1. The van der Waals surface area contributed by atoms with Gasteiger partial charge in [-0.05, 0) is 27.2 Å². The van der Waals surface area contributed by atoms with Crippen LogP contribution in [0.5, 0.6) is 0 Å². The number of hydrogen-bond acceptors (Lipinski definition) is 3. The van der Waals surface area contributed by atoms with Crippen molar-refractivity contribution in [3.05, 3.63) is 0 Å². The van der Waals surface area contributed by atoms with Crippen molar-refractivity contribution in [2.24, 2.45) is 0 Å². The van der Waals surface area contributed by atoms with Crippen molar-refractivity contribution in [1.82, 2.24) is 10.2 Å². The van der Waals surface area contributed by atoms with E-state index >= 15 is 0 Å². The molecule has 2 atom stereocenters. The van der Waals surface area contributed by atoms with Crippen LogP contribution in [-0.4, -0.2) is 41.1 Å². The van der Waals surface area contributed by atoms with Crippen LogP contribution in [0.15, 0.2) is 0 Å². The molecule has 2 fully saturated rings. The fourth-order valence-electron chi connectivity index (χ4n) is 1.96. The lowest BCUT2D eigenvalue weighted by Crippen LogP contribution is -2.65. The minimum Gasteiger partial charge on any atom is -0.444 e. The molecular formula is C10H16N2O3. The zero-order chi connectivity index (χ0) is 11.2. The first kappa shape index (κ1) is 10.3. The fraction of sp³-hybridized carbons (Fsp3) is 0.800. The Bertz CT molecular complexity index is 308. The van der Waals surface area contributed by atoms with Gasteiger partial charge in [-0.3, -0.25) is 9.69 Å². The Morgan fingerprint density at radius 3 is 2.73 bits per heavy atom. The molecule has 0 bridgehead atoms. The molecule has 84 valence electrons. The van der Waals surface area contributed by atoms with E-state index in [1.807, 2.05) is 20.8 Å². The summed E-state index contributed by atoms with van der Waals surface area (Å²) in [6.07, 6.45) is 0.445. The van der Waals surface area contributed by atoms with Crippen molar-refractivity contribution >= 4 is 12.0 Å². The van der Waals surface area contributed by atoms with Crippen molar-refractivity contribution < 1.29 is 14.3 Å². The predicted molar refractivity (Wildman–Crippen MR) is 53.3 cm³/mol. The van der Waals surface area contributed by atoms with Crippen LogP contribution < -0.4 is 5.32 Å². The minimum atomic E-state index is -0.505. The molecule has 0 aromatic rings. The highest BCUT2D eigenvalue weighted by Gasteiger charge is 2.50. The van der Waals surface area contributed by atoms with Crippen LogP contribution in [0.25, 0.3) is 0 Å². The molecule has 2 aliphatic heterocycles. The van der Waals surface area contributed by atoms with Gasteiger partial charge in [-0.1, -0.05) is 0 Å². The number of amides is 2. The highest BCUT2D eigenvalue weighted by atomic mass is 16.6. The Kier molecular flexibility index (Phi) is 2.13. The Morgan fingerprint density at radius 1 is 1.53 bits per heavy atom. The smallest absolute Gasteiger partial charge is 0.411 e. The molecule has 0 aliphatic carbocycles. The van der Waals surface area contributed by atoms with E-state index in [1.54, 1.807) is 0 Å². The second-order valence-electron chi connectivity index (χ2n) is 5.02. The maximum Gasteiger partial charge on any atom is 0.411 e. The summed E-state index contributed by atoms with van der Waals surface area (Å²) < 4.78 is 5.23. The van der Waals surface area contributed by atoms with Crippen molar-refractivity contribution in [2.75, 3.05) is 6.54 Å². The third-order valence-corrected chi connectivity index (χ3v) is 2.62. The summed E-state index contributed by atoms with van der Waals surface area (Å²) in [6.45, 7) is 6.06. The van der Waals surface area contributed by atoms with Crippen molar-refractivity contribution in [3.8, 4) is 0 Å². The average molecular weight is 212 g/mol. The van der Waals surface area contributed by atoms with Crippen molar-refractivity contribution in [3.63, 3.8) is 0 Å². The van der Waals surface area contributed by atoms with Crippen molar-refractivity contribution in [2.45, 2.75) is 44.9 Å². The second kappa shape index (κ2) is 3.12. The van der Waals surface area contributed by atoms with Gasteiger partial charge >= 0.3 is 6.09 Å². The minimum absolute atomic E-state index is 0.0663. The van der Waals surface area contributed by atoms with E-state index in [2.05, 4.69) is 5.32 Å². The zero-order valence-electron chi connectivity index (χ0n) is 9.24. The summed E-state index contributed by atoms with van der Waals surface area (Å²) in [5, 5.41) is 2.76. The number of β-lactam (4-membered cyclic amide) rings is 1. The summed E-state index contributed by atoms with van der Waals surface area (Å²) in [7, 11) is 0. The van der Waals surface area contributed by atoms with E-state index in [0.29, 0.717) is 6.54 Å². The van der Waals surface area contributed by atoms with Gasteiger partial charge in [0.1, 0.15) is 11.6 Å². The fourth-order valence-corrected chi connectivity index (χ4v) is 1.96. The van der Waals surface area contributed by atoms with Crippen LogP contribution in [0.1, 0.15) is 27.2 Å². The monoisotopic (exact) mass is 212 g/mol. The zero-order valence-corrected chi connectivity index (χ0v) is 9.24. The molecule has 0 saturated carbocycles. The molecule has 2 rings (SSSR count). The predicted octanol–water partition coefficient (Wildman–Crippen LogP) is 0.494. The normalized spacial score (nSPS) is 29.3. The van der Waals surface area contributed by atoms with Crippen molar-refractivity contribution in [1.29, 1.82) is 0 Å². The first-order chi connectivity index (χ1) is 6.88. The molecule has 2 aliphatic rings. The molecule has 2 amide bonds. The number of fused-ring (bicyclic) bond motifs is 1. The first-order valence-corrected chi connectivity index (χ1v) is 5.18. The summed E-state index contributed by atoms with van der Waals surface area (Å²) in [5.41, 5.74) is -0.505. The molecule has 1 N–H and O–H groups in total. The van der Waals surface area contributed by atoms with Gasteiger partial charge in [0, 0.05) is 6.54 Å². The van der Waals surface area contributed by atoms with Crippen LogP contribution in [0.2, 0.25) is 0 Å². The first-order valence-electron chi connectivity index (χ1n) is 5.18. The average Bonchev–Trinajstić information content (AvgIpc) is 2.38. The molecule has 2 heterocycles. The maximum absolute atomic E-state index is 11.7. The SMILES string of the molecule is CC(C)(C)OC(=O)N1CC[C@H]2NC(=O)[C@H]21. The van der Waals surface area contributed by atoms with Gasteiger partial charge < -0.3 is 10.1 Å². The summed E-state index contributed by atoms with van der Waals surface area (Å²) in [5.74, 6) is -0.0663. The standard InChI is InChI=1S/C10H16N2O3/c1-10(2,3)15-9(14)12-5-4-6-7(12)8(13)11-6/h6-7H,4-5H2,1-3H3,(H,11,13)/t6-,7+/m1/s1. The van der Waals surface area contributed by atoms with Gasteiger partial charge in [-0.25, -0.2) is 4.79 Å². The topological polar surface area (TPSA) is 58.6 Å². The van der Waals surface area contributed by atoms with E-state index in [-0.39, 0.29) is 24.1 Å². The highest BCUT2D eigenvalue weighted by molar-refractivity contribution is 5.93. The summed E-state index contributed by atoms with van der Waals surface area (Å²) in [6, 6.07) is -0.148. The highest BCUT2D eigenvalue weighted by Crippen LogP contribution is 2.26. The van der Waals surface area contributed by atoms with E-state index in [4.69, 9.17) is 4.74 Å². The number of carbonyl (C=O) groups is 2. The molecule has 0 aromatic carbocycles. The number of carbonyl (C=O) groups excluding carboxylic acids is 2. The second-order valence-corrected chi connectivity index (χ2v) is 5.02. The van der Waals surface area contributed by atoms with Crippen LogP contribution in [0.3, 0.4) is 0 Å². The van der Waals surface area contributed by atoms with Crippen LogP contribution in [0, 0.1) is 0 Å². The van der Waals surface area contributed by atoms with Crippen LogP contribution in [-0.2, 0) is 9.53 Å². The molecule has 0 aromatic heterocycles. The van der Waals surface area contributed by atoms with Gasteiger partial charge in [0.05, 0.1) is 6.04 Å². The Labute approximate surface area is 88.8 Å². The van der Waals surface area contributed by atoms with E-state index < -0.39 is 5.60 Å². The van der Waals surface area contributed by atoms with Gasteiger partial charge in [0.15, 0.2) is 0 Å². The quantitative estimate of drug-likeness (QED) is 0.595. The van der Waals surface area contributed by atoms with Crippen LogP contribution >= 0.6 is 0 Å². The Morgan fingerprint density at radius 2 is 2.20 bits per heavy atom. The maximum atomic E-state index is 11.7. The summed E-state index contributed by atoms with van der Waals surface area (Å²) >= 11 is 0. The number of ether oxygens (including phenoxy) is 1. The number of nitrogens with one attached hydrogen (secondary N) is 1. The van der Waals surface area contributed by atoms with Gasteiger partial charge in [-0.15, -0.1) is 0 Å². The third kappa shape index (κ3) is 1.78. The number of nitrogens with zero attached hydrogens (tertiary/aromatic N) is 1. The Balaban J connectivity index is 2.00. The van der Waals surface area contributed by atoms with Gasteiger partial charge in [-0.2, -0.15) is 0 Å². The molecule has 5 nitrogen and oxygen atoms in total. The molecule has 2 saturated heterocycles. The molecule has 15 heavy (non-hydrogen) atoms. The largest absolute Gasteiger partial charge is 0.444 e. The van der Waals surface area contributed by atoms with Gasteiger partial charge in [0.25, 0.3) is 0 Å². The summed E-state index contributed by atoms with van der Waals surface area (Å²) in [4.78, 5) is 24.5. The third-order valence-electron chi connectivity index (χ3n) is 2.62. The molecule has 0 unspecified atom stereocenters. The lowest BCUT2D eigenvalue weighted by Gasteiger charge is -2.36. The van der Waals surface area contributed by atoms with Crippen LogP contribution in [0.4, 0.5) is 4.79 Å². The Hall–Kier alpha value is -1.26.